The first-order valence-corrected chi connectivity index (χ1v) is 7.06. The monoisotopic (exact) mass is 247 g/mol. The van der Waals surface area contributed by atoms with Gasteiger partial charge in [0.1, 0.15) is 5.82 Å². The van der Waals surface area contributed by atoms with E-state index in [2.05, 4.69) is 48.2 Å². The topological polar surface area (TPSA) is 28.2 Å². The van der Waals surface area contributed by atoms with Crippen molar-refractivity contribution < 1.29 is 0 Å². The Morgan fingerprint density at radius 2 is 2.22 bits per heavy atom. The molecule has 0 amide bonds. The van der Waals surface area contributed by atoms with Crippen molar-refractivity contribution in [3.8, 4) is 0 Å². The van der Waals surface area contributed by atoms with Gasteiger partial charge in [-0.1, -0.05) is 19.9 Å². The Hall–Kier alpha value is -1.09. The highest BCUT2D eigenvalue weighted by Gasteiger charge is 2.32. The van der Waals surface area contributed by atoms with Crippen LogP contribution in [-0.4, -0.2) is 30.0 Å². The summed E-state index contributed by atoms with van der Waals surface area (Å²) in [6, 6.07) is 4.26. The van der Waals surface area contributed by atoms with E-state index in [1.807, 2.05) is 6.20 Å². The summed E-state index contributed by atoms with van der Waals surface area (Å²) in [7, 11) is 2.20. The minimum absolute atomic E-state index is 0.924. The van der Waals surface area contributed by atoms with Gasteiger partial charge in [-0.05, 0) is 43.4 Å². The zero-order valence-corrected chi connectivity index (χ0v) is 11.8. The second-order valence-electron chi connectivity index (χ2n) is 5.65. The molecule has 1 aliphatic rings. The SMILES string of the molecule is CCCNc1ccc(CN(C)CC2CC2C)cn1. The van der Waals surface area contributed by atoms with E-state index in [9.17, 15) is 0 Å². The lowest BCUT2D eigenvalue weighted by molar-refractivity contribution is 0.307. The van der Waals surface area contributed by atoms with Crippen LogP contribution in [0.2, 0.25) is 0 Å². The number of hydrogen-bond acceptors (Lipinski definition) is 3. The molecular weight excluding hydrogens is 222 g/mol. The minimum atomic E-state index is 0.924. The molecule has 0 aliphatic heterocycles. The van der Waals surface area contributed by atoms with Crippen molar-refractivity contribution in [1.82, 2.24) is 9.88 Å². The van der Waals surface area contributed by atoms with Crippen molar-refractivity contribution in [3.05, 3.63) is 23.9 Å². The average molecular weight is 247 g/mol. The van der Waals surface area contributed by atoms with Crippen LogP contribution in [0.3, 0.4) is 0 Å². The van der Waals surface area contributed by atoms with Crippen LogP contribution >= 0.6 is 0 Å². The summed E-state index contributed by atoms with van der Waals surface area (Å²) < 4.78 is 0. The fourth-order valence-corrected chi connectivity index (χ4v) is 2.31. The van der Waals surface area contributed by atoms with E-state index in [4.69, 9.17) is 0 Å². The third kappa shape index (κ3) is 3.98. The van der Waals surface area contributed by atoms with Crippen molar-refractivity contribution in [1.29, 1.82) is 0 Å². The highest BCUT2D eigenvalue weighted by atomic mass is 15.1. The smallest absolute Gasteiger partial charge is 0.125 e. The molecule has 0 saturated heterocycles. The lowest BCUT2D eigenvalue weighted by Gasteiger charge is -2.16. The van der Waals surface area contributed by atoms with Crippen LogP contribution < -0.4 is 5.32 Å². The highest BCUT2D eigenvalue weighted by Crippen LogP contribution is 2.38. The van der Waals surface area contributed by atoms with E-state index in [-0.39, 0.29) is 0 Å². The van der Waals surface area contributed by atoms with E-state index in [1.54, 1.807) is 0 Å². The van der Waals surface area contributed by atoms with Crippen LogP contribution in [0.15, 0.2) is 18.3 Å². The quantitative estimate of drug-likeness (QED) is 0.803. The zero-order valence-electron chi connectivity index (χ0n) is 11.8. The summed E-state index contributed by atoms with van der Waals surface area (Å²) in [4.78, 5) is 6.85. The molecule has 1 saturated carbocycles. The lowest BCUT2D eigenvalue weighted by atomic mass is 10.2. The Bertz CT molecular complexity index is 361. The van der Waals surface area contributed by atoms with Crippen molar-refractivity contribution in [2.24, 2.45) is 11.8 Å². The predicted molar refractivity (Wildman–Crippen MR) is 76.6 cm³/mol. The van der Waals surface area contributed by atoms with Crippen LogP contribution in [0.4, 0.5) is 5.82 Å². The maximum Gasteiger partial charge on any atom is 0.125 e. The van der Waals surface area contributed by atoms with Gasteiger partial charge in [-0.25, -0.2) is 4.98 Å². The second-order valence-corrected chi connectivity index (χ2v) is 5.65. The normalized spacial score (nSPS) is 22.2. The Balaban J connectivity index is 1.78. The number of nitrogens with zero attached hydrogens (tertiary/aromatic N) is 2. The van der Waals surface area contributed by atoms with E-state index >= 15 is 0 Å². The minimum Gasteiger partial charge on any atom is -0.370 e. The van der Waals surface area contributed by atoms with Crippen LogP contribution in [0, 0.1) is 11.8 Å². The first-order chi connectivity index (χ1) is 8.69. The fraction of sp³-hybridized carbons (Fsp3) is 0.667. The molecule has 1 N–H and O–H groups in total. The van der Waals surface area contributed by atoms with Crippen LogP contribution in [0.25, 0.3) is 0 Å². The van der Waals surface area contributed by atoms with E-state index < -0.39 is 0 Å². The van der Waals surface area contributed by atoms with Gasteiger partial charge in [0.15, 0.2) is 0 Å². The molecule has 18 heavy (non-hydrogen) atoms. The summed E-state index contributed by atoms with van der Waals surface area (Å²) in [5, 5.41) is 3.30. The summed E-state index contributed by atoms with van der Waals surface area (Å²) in [5.74, 6) is 2.85. The molecule has 3 nitrogen and oxygen atoms in total. The molecule has 2 atom stereocenters. The molecule has 2 unspecified atom stereocenters. The van der Waals surface area contributed by atoms with Gasteiger partial charge in [-0.15, -0.1) is 0 Å². The van der Waals surface area contributed by atoms with E-state index in [0.717, 1.165) is 37.2 Å². The molecule has 2 rings (SSSR count). The van der Waals surface area contributed by atoms with Gasteiger partial charge >= 0.3 is 0 Å². The molecule has 1 aliphatic carbocycles. The largest absolute Gasteiger partial charge is 0.370 e. The lowest BCUT2D eigenvalue weighted by Crippen LogP contribution is -2.21. The molecule has 3 heteroatoms. The average Bonchev–Trinajstić information content (AvgIpc) is 3.04. The first-order valence-electron chi connectivity index (χ1n) is 7.06. The van der Waals surface area contributed by atoms with Gasteiger partial charge in [0.05, 0.1) is 0 Å². The Morgan fingerprint density at radius 3 is 2.78 bits per heavy atom. The fourth-order valence-electron chi connectivity index (χ4n) is 2.31. The highest BCUT2D eigenvalue weighted by molar-refractivity contribution is 5.35. The zero-order chi connectivity index (χ0) is 13.0. The molecule has 0 radical (unpaired) electrons. The number of rotatable bonds is 7. The van der Waals surface area contributed by atoms with Gasteiger partial charge in [-0.2, -0.15) is 0 Å². The number of nitrogens with one attached hydrogen (secondary N) is 1. The molecule has 0 spiro atoms. The first kappa shape index (κ1) is 13.3. The second kappa shape index (κ2) is 6.19. The van der Waals surface area contributed by atoms with Crippen LogP contribution in [-0.2, 0) is 6.54 Å². The summed E-state index contributed by atoms with van der Waals surface area (Å²) in [6.07, 6.45) is 4.53. The summed E-state index contributed by atoms with van der Waals surface area (Å²) >= 11 is 0. The van der Waals surface area contributed by atoms with Crippen molar-refractivity contribution >= 4 is 5.82 Å². The van der Waals surface area contributed by atoms with Crippen molar-refractivity contribution in [3.63, 3.8) is 0 Å². The van der Waals surface area contributed by atoms with Gasteiger partial charge in [0.2, 0.25) is 0 Å². The molecule has 1 fully saturated rings. The Kier molecular flexibility index (Phi) is 4.59. The molecule has 1 aromatic rings. The Labute approximate surface area is 111 Å². The van der Waals surface area contributed by atoms with Crippen molar-refractivity contribution in [2.75, 3.05) is 25.5 Å². The third-order valence-electron chi connectivity index (χ3n) is 3.66. The van der Waals surface area contributed by atoms with Crippen molar-refractivity contribution in [2.45, 2.75) is 33.2 Å². The number of aromatic nitrogens is 1. The van der Waals surface area contributed by atoms with Gasteiger partial charge in [0, 0.05) is 25.8 Å². The maximum absolute atomic E-state index is 4.44. The number of hydrogen-bond donors (Lipinski definition) is 1. The Morgan fingerprint density at radius 1 is 1.44 bits per heavy atom. The van der Waals surface area contributed by atoms with Gasteiger partial charge in [-0.3, -0.25) is 0 Å². The molecule has 100 valence electrons. The molecular formula is C15H25N3. The standard InChI is InChI=1S/C15H25N3/c1-4-7-16-15-6-5-13(9-17-15)10-18(3)11-14-8-12(14)2/h5-6,9,12,14H,4,7-8,10-11H2,1-3H3,(H,16,17). The third-order valence-corrected chi connectivity index (χ3v) is 3.66. The van der Waals surface area contributed by atoms with Gasteiger partial charge < -0.3 is 10.2 Å². The summed E-state index contributed by atoms with van der Waals surface area (Å²) in [6.45, 7) is 7.72. The van der Waals surface area contributed by atoms with Gasteiger partial charge in [0.25, 0.3) is 0 Å². The maximum atomic E-state index is 4.44. The summed E-state index contributed by atoms with van der Waals surface area (Å²) in [5.41, 5.74) is 1.30. The predicted octanol–water partition coefficient (Wildman–Crippen LogP) is 2.99. The van der Waals surface area contributed by atoms with E-state index in [0.29, 0.717) is 0 Å². The van der Waals surface area contributed by atoms with Crippen LogP contribution in [0.5, 0.6) is 0 Å². The number of anilines is 1. The molecule has 1 aromatic heterocycles. The van der Waals surface area contributed by atoms with Crippen LogP contribution in [0.1, 0.15) is 32.3 Å². The number of pyridine rings is 1. The van der Waals surface area contributed by atoms with E-state index in [1.165, 1.54) is 18.5 Å². The molecule has 0 bridgehead atoms. The molecule has 0 aromatic carbocycles. The molecule has 1 heterocycles.